The summed E-state index contributed by atoms with van der Waals surface area (Å²) in [6, 6.07) is 1.77. The van der Waals surface area contributed by atoms with Gasteiger partial charge in [0.1, 0.15) is 5.75 Å². The second kappa shape index (κ2) is 6.28. The second-order valence-electron chi connectivity index (χ2n) is 4.41. The molecule has 1 rings (SSSR count). The molecule has 0 aliphatic heterocycles. The fourth-order valence-electron chi connectivity index (χ4n) is 1.91. The molecule has 0 saturated heterocycles. The van der Waals surface area contributed by atoms with Crippen LogP contribution in [0.3, 0.4) is 0 Å². The molecule has 1 aromatic rings. The Labute approximate surface area is 109 Å². The molecule has 0 aliphatic rings. The number of nitrogens with one attached hydrogen (secondary N) is 2. The minimum absolute atomic E-state index is 0.163. The Morgan fingerprint density at radius 2 is 1.94 bits per heavy atom. The van der Waals surface area contributed by atoms with E-state index in [2.05, 4.69) is 10.6 Å². The molecule has 0 aliphatic carbocycles. The first-order valence-corrected chi connectivity index (χ1v) is 6.20. The molecule has 4 heteroatoms. The predicted molar refractivity (Wildman–Crippen MR) is 74.5 cm³/mol. The van der Waals surface area contributed by atoms with Crippen molar-refractivity contribution in [2.24, 2.45) is 0 Å². The number of hydrogen-bond acceptors (Lipinski definition) is 2. The van der Waals surface area contributed by atoms with E-state index in [1.54, 1.807) is 7.11 Å². The van der Waals surface area contributed by atoms with Gasteiger partial charge in [0.2, 0.25) is 0 Å². The van der Waals surface area contributed by atoms with Gasteiger partial charge in [-0.05, 0) is 49.9 Å². The summed E-state index contributed by atoms with van der Waals surface area (Å²) in [5, 5.41) is 5.67. The van der Waals surface area contributed by atoms with Crippen molar-refractivity contribution in [3.63, 3.8) is 0 Å². The van der Waals surface area contributed by atoms with Crippen molar-refractivity contribution in [3.8, 4) is 5.75 Å². The van der Waals surface area contributed by atoms with Crippen LogP contribution in [0.15, 0.2) is 6.07 Å². The van der Waals surface area contributed by atoms with Crippen LogP contribution in [0.25, 0.3) is 0 Å². The number of hydrogen-bond donors (Lipinski definition) is 2. The van der Waals surface area contributed by atoms with E-state index in [-0.39, 0.29) is 6.03 Å². The van der Waals surface area contributed by atoms with Gasteiger partial charge in [0.25, 0.3) is 0 Å². The lowest BCUT2D eigenvalue weighted by molar-refractivity contribution is 0.252. The van der Waals surface area contributed by atoms with Crippen LogP contribution >= 0.6 is 0 Å². The molecule has 0 heterocycles. The first-order valence-electron chi connectivity index (χ1n) is 6.20. The number of carbonyl (C=O) groups excluding carboxylic acids is 1. The number of aryl methyl sites for hydroxylation is 1. The van der Waals surface area contributed by atoms with E-state index in [4.69, 9.17) is 4.74 Å². The van der Waals surface area contributed by atoms with Crippen LogP contribution in [0, 0.1) is 20.8 Å². The van der Waals surface area contributed by atoms with Gasteiger partial charge in [0.05, 0.1) is 7.11 Å². The van der Waals surface area contributed by atoms with Gasteiger partial charge in [0.15, 0.2) is 0 Å². The molecule has 0 fully saturated rings. The maximum absolute atomic E-state index is 11.6. The van der Waals surface area contributed by atoms with Gasteiger partial charge in [-0.25, -0.2) is 4.79 Å². The highest BCUT2D eigenvalue weighted by Gasteiger charge is 2.12. The molecular weight excluding hydrogens is 228 g/mol. The lowest BCUT2D eigenvalue weighted by Crippen LogP contribution is -2.29. The Morgan fingerprint density at radius 3 is 2.50 bits per heavy atom. The van der Waals surface area contributed by atoms with E-state index in [0.717, 1.165) is 34.5 Å². The third-order valence-corrected chi connectivity index (χ3v) is 3.01. The fourth-order valence-corrected chi connectivity index (χ4v) is 1.91. The first kappa shape index (κ1) is 14.4. The monoisotopic (exact) mass is 250 g/mol. The van der Waals surface area contributed by atoms with Gasteiger partial charge in [-0.15, -0.1) is 0 Å². The molecular formula is C14H22N2O2. The lowest BCUT2D eigenvalue weighted by Gasteiger charge is -2.16. The molecule has 2 N–H and O–H groups in total. The van der Waals surface area contributed by atoms with Gasteiger partial charge in [-0.3, -0.25) is 0 Å². The minimum atomic E-state index is -0.163. The number of carbonyl (C=O) groups is 1. The van der Waals surface area contributed by atoms with E-state index in [9.17, 15) is 4.79 Å². The van der Waals surface area contributed by atoms with Gasteiger partial charge in [-0.2, -0.15) is 0 Å². The van der Waals surface area contributed by atoms with E-state index in [1.807, 2.05) is 33.8 Å². The van der Waals surface area contributed by atoms with Crippen molar-refractivity contribution >= 4 is 11.7 Å². The van der Waals surface area contributed by atoms with Crippen LogP contribution in [-0.2, 0) is 0 Å². The zero-order valence-corrected chi connectivity index (χ0v) is 11.8. The summed E-state index contributed by atoms with van der Waals surface area (Å²) in [5.74, 6) is 0.881. The topological polar surface area (TPSA) is 50.4 Å². The molecule has 18 heavy (non-hydrogen) atoms. The molecule has 0 atom stereocenters. The normalized spacial score (nSPS) is 10.1. The molecule has 100 valence electrons. The number of amides is 2. The highest BCUT2D eigenvalue weighted by Crippen LogP contribution is 2.31. The van der Waals surface area contributed by atoms with Crippen molar-refractivity contribution in [2.45, 2.75) is 34.1 Å². The lowest BCUT2D eigenvalue weighted by atomic mass is 10.0. The van der Waals surface area contributed by atoms with Crippen LogP contribution in [0.4, 0.5) is 10.5 Å². The smallest absolute Gasteiger partial charge is 0.319 e. The molecule has 2 amide bonds. The highest BCUT2D eigenvalue weighted by atomic mass is 16.5. The maximum Gasteiger partial charge on any atom is 0.319 e. The second-order valence-corrected chi connectivity index (χ2v) is 4.41. The summed E-state index contributed by atoms with van der Waals surface area (Å²) < 4.78 is 5.35. The van der Waals surface area contributed by atoms with Crippen molar-refractivity contribution in [2.75, 3.05) is 19.0 Å². The average molecular weight is 250 g/mol. The summed E-state index contributed by atoms with van der Waals surface area (Å²) in [5.41, 5.74) is 3.94. The van der Waals surface area contributed by atoms with Crippen LogP contribution in [0.5, 0.6) is 5.75 Å². The maximum atomic E-state index is 11.6. The SMILES string of the molecule is CCCNC(=O)Nc1cc(C)c(OC)c(C)c1C. The number of rotatable bonds is 4. The number of urea groups is 1. The number of ether oxygens (including phenoxy) is 1. The zero-order valence-electron chi connectivity index (χ0n) is 11.8. The highest BCUT2D eigenvalue weighted by molar-refractivity contribution is 5.90. The standard InChI is InChI=1S/C14H22N2O2/c1-6-7-15-14(17)16-12-8-9(2)13(18-5)11(4)10(12)3/h8H,6-7H2,1-5H3,(H2,15,16,17). The van der Waals surface area contributed by atoms with E-state index in [0.29, 0.717) is 6.54 Å². The quantitative estimate of drug-likeness (QED) is 0.862. The van der Waals surface area contributed by atoms with Gasteiger partial charge in [-0.1, -0.05) is 6.92 Å². The minimum Gasteiger partial charge on any atom is -0.496 e. The summed E-state index contributed by atoms with van der Waals surface area (Å²) in [4.78, 5) is 11.6. The summed E-state index contributed by atoms with van der Waals surface area (Å²) >= 11 is 0. The molecule has 4 nitrogen and oxygen atoms in total. The summed E-state index contributed by atoms with van der Waals surface area (Å²) in [6.07, 6.45) is 0.924. The molecule has 0 radical (unpaired) electrons. The third kappa shape index (κ3) is 3.15. The fraction of sp³-hybridized carbons (Fsp3) is 0.500. The van der Waals surface area contributed by atoms with Crippen molar-refractivity contribution in [3.05, 3.63) is 22.8 Å². The van der Waals surface area contributed by atoms with Crippen LogP contribution < -0.4 is 15.4 Å². The predicted octanol–water partition coefficient (Wildman–Crippen LogP) is 3.15. The van der Waals surface area contributed by atoms with Crippen LogP contribution in [-0.4, -0.2) is 19.7 Å². The molecule has 0 saturated carbocycles. The third-order valence-electron chi connectivity index (χ3n) is 3.01. The zero-order chi connectivity index (χ0) is 13.7. The van der Waals surface area contributed by atoms with Crippen LogP contribution in [0.1, 0.15) is 30.0 Å². The molecule has 1 aromatic carbocycles. The van der Waals surface area contributed by atoms with Crippen LogP contribution in [0.2, 0.25) is 0 Å². The van der Waals surface area contributed by atoms with E-state index < -0.39 is 0 Å². The van der Waals surface area contributed by atoms with Gasteiger partial charge >= 0.3 is 6.03 Å². The summed E-state index contributed by atoms with van der Waals surface area (Å²) in [7, 11) is 1.66. The molecule has 0 unspecified atom stereocenters. The van der Waals surface area contributed by atoms with Crippen molar-refractivity contribution in [1.29, 1.82) is 0 Å². The Balaban J connectivity index is 2.94. The van der Waals surface area contributed by atoms with Crippen molar-refractivity contribution < 1.29 is 9.53 Å². The Hall–Kier alpha value is -1.71. The van der Waals surface area contributed by atoms with Crippen molar-refractivity contribution in [1.82, 2.24) is 5.32 Å². The number of methoxy groups -OCH3 is 1. The van der Waals surface area contributed by atoms with E-state index >= 15 is 0 Å². The van der Waals surface area contributed by atoms with E-state index in [1.165, 1.54) is 0 Å². The first-order chi connectivity index (χ1) is 8.51. The largest absolute Gasteiger partial charge is 0.496 e. The van der Waals surface area contributed by atoms with Gasteiger partial charge in [0, 0.05) is 12.2 Å². The number of anilines is 1. The number of benzene rings is 1. The molecule has 0 bridgehead atoms. The Bertz CT molecular complexity index is 442. The molecule has 0 aromatic heterocycles. The molecule has 0 spiro atoms. The average Bonchev–Trinajstić information content (AvgIpc) is 2.33. The summed E-state index contributed by atoms with van der Waals surface area (Å²) in [6.45, 7) is 8.65. The Morgan fingerprint density at radius 1 is 1.28 bits per heavy atom. The Kier molecular flexibility index (Phi) is 5.01. The van der Waals surface area contributed by atoms with Gasteiger partial charge < -0.3 is 15.4 Å².